The van der Waals surface area contributed by atoms with Gasteiger partial charge >= 0.3 is 5.97 Å². The van der Waals surface area contributed by atoms with Crippen LogP contribution in [0.3, 0.4) is 0 Å². The Balaban J connectivity index is 1.28. The normalized spacial score (nSPS) is 25.0. The van der Waals surface area contributed by atoms with Crippen molar-refractivity contribution in [2.75, 3.05) is 26.2 Å². The van der Waals surface area contributed by atoms with Gasteiger partial charge in [0.25, 0.3) is 0 Å². The fraction of sp³-hybridized carbons (Fsp3) is 0.636. The van der Waals surface area contributed by atoms with Crippen LogP contribution in [0.15, 0.2) is 30.3 Å². The van der Waals surface area contributed by atoms with Gasteiger partial charge in [0.1, 0.15) is 6.04 Å². The second-order valence-electron chi connectivity index (χ2n) is 8.73. The van der Waals surface area contributed by atoms with E-state index < -0.39 is 12.0 Å². The van der Waals surface area contributed by atoms with Gasteiger partial charge in [-0.25, -0.2) is 4.79 Å². The maximum Gasteiger partial charge on any atom is 0.326 e. The van der Waals surface area contributed by atoms with Crippen LogP contribution in [0.25, 0.3) is 0 Å². The molecule has 0 unspecified atom stereocenters. The molecule has 3 fully saturated rings. The molecule has 1 amide bonds. The van der Waals surface area contributed by atoms with Crippen LogP contribution in [0.2, 0.25) is 0 Å². The van der Waals surface area contributed by atoms with Crippen molar-refractivity contribution in [3.8, 4) is 0 Å². The summed E-state index contributed by atoms with van der Waals surface area (Å²) < 4.78 is 0. The van der Waals surface area contributed by atoms with E-state index in [1.165, 1.54) is 5.56 Å². The molecule has 2 saturated heterocycles. The molecule has 1 aromatic rings. The van der Waals surface area contributed by atoms with Crippen LogP contribution in [0.4, 0.5) is 0 Å². The SMILES string of the molecule is O=C(O)[C@H]1CC2(CCN(CCCc3ccccc3)CC2)CN1C(=O)C1CC1. The van der Waals surface area contributed by atoms with Gasteiger partial charge in [-0.1, -0.05) is 30.3 Å². The highest BCUT2D eigenvalue weighted by Gasteiger charge is 2.51. The Labute approximate surface area is 161 Å². The topological polar surface area (TPSA) is 60.9 Å². The van der Waals surface area contributed by atoms with Crippen molar-refractivity contribution < 1.29 is 14.7 Å². The second-order valence-corrected chi connectivity index (χ2v) is 8.73. The first-order chi connectivity index (χ1) is 13.1. The molecule has 0 aromatic heterocycles. The molecule has 5 nitrogen and oxygen atoms in total. The maximum atomic E-state index is 12.5. The molecule has 0 bridgehead atoms. The summed E-state index contributed by atoms with van der Waals surface area (Å²) in [5, 5.41) is 9.62. The van der Waals surface area contributed by atoms with E-state index in [1.807, 2.05) is 0 Å². The summed E-state index contributed by atoms with van der Waals surface area (Å²) >= 11 is 0. The fourth-order valence-corrected chi connectivity index (χ4v) is 4.84. The van der Waals surface area contributed by atoms with E-state index in [-0.39, 0.29) is 17.2 Å². The summed E-state index contributed by atoms with van der Waals surface area (Å²) in [6.45, 7) is 3.79. The van der Waals surface area contributed by atoms with E-state index in [0.29, 0.717) is 13.0 Å². The number of carboxylic acid groups (broad SMARTS) is 1. The monoisotopic (exact) mass is 370 g/mol. The van der Waals surface area contributed by atoms with Crippen LogP contribution in [0.1, 0.15) is 44.1 Å². The summed E-state index contributed by atoms with van der Waals surface area (Å²) in [5.41, 5.74) is 1.41. The smallest absolute Gasteiger partial charge is 0.326 e. The lowest BCUT2D eigenvalue weighted by molar-refractivity contribution is -0.148. The zero-order valence-corrected chi connectivity index (χ0v) is 16.0. The Bertz CT molecular complexity index is 678. The third-order valence-electron chi connectivity index (χ3n) is 6.70. The number of carbonyl (C=O) groups excluding carboxylic acids is 1. The van der Waals surface area contributed by atoms with Gasteiger partial charge in [-0.2, -0.15) is 0 Å². The predicted octanol–water partition coefficient (Wildman–Crippen LogP) is 2.80. The highest BCUT2D eigenvalue weighted by Crippen LogP contribution is 2.45. The summed E-state index contributed by atoms with van der Waals surface area (Å²) in [6.07, 6.45) is 6.79. The molecular weight excluding hydrogens is 340 g/mol. The lowest BCUT2D eigenvalue weighted by Crippen LogP contribution is -2.43. The standard InChI is InChI=1S/C22H30N2O3/c25-20(18-8-9-18)24-16-22(15-19(24)21(26)27)10-13-23(14-11-22)12-4-7-17-5-2-1-3-6-17/h1-3,5-6,18-19H,4,7-16H2,(H,26,27)/t19-/m1/s1. The number of carbonyl (C=O) groups is 2. The fourth-order valence-electron chi connectivity index (χ4n) is 4.84. The minimum absolute atomic E-state index is 0.0174. The molecule has 5 heteroatoms. The van der Waals surface area contributed by atoms with E-state index in [2.05, 4.69) is 35.2 Å². The van der Waals surface area contributed by atoms with Gasteiger partial charge in [-0.3, -0.25) is 4.79 Å². The van der Waals surface area contributed by atoms with Crippen molar-refractivity contribution >= 4 is 11.9 Å². The third kappa shape index (κ3) is 4.18. The number of hydrogen-bond acceptors (Lipinski definition) is 3. The van der Waals surface area contributed by atoms with Crippen molar-refractivity contribution in [3.63, 3.8) is 0 Å². The molecule has 4 rings (SSSR count). The number of rotatable bonds is 6. The number of aryl methyl sites for hydroxylation is 1. The molecule has 1 N–H and O–H groups in total. The highest BCUT2D eigenvalue weighted by molar-refractivity contribution is 5.87. The molecule has 1 spiro atoms. The van der Waals surface area contributed by atoms with Gasteiger partial charge < -0.3 is 14.9 Å². The number of likely N-dealkylation sites (tertiary alicyclic amines) is 2. The van der Waals surface area contributed by atoms with Crippen LogP contribution < -0.4 is 0 Å². The number of piperidine rings is 1. The Kier molecular flexibility index (Phi) is 5.22. The van der Waals surface area contributed by atoms with Crippen LogP contribution in [0, 0.1) is 11.3 Å². The Hall–Kier alpha value is -1.88. The van der Waals surface area contributed by atoms with Gasteiger partial charge in [0.15, 0.2) is 0 Å². The van der Waals surface area contributed by atoms with E-state index in [1.54, 1.807) is 4.90 Å². The van der Waals surface area contributed by atoms with Gasteiger partial charge in [0.2, 0.25) is 5.91 Å². The summed E-state index contributed by atoms with van der Waals surface area (Å²) in [7, 11) is 0. The van der Waals surface area contributed by atoms with Crippen LogP contribution in [0.5, 0.6) is 0 Å². The maximum absolute atomic E-state index is 12.5. The number of amides is 1. The molecule has 3 aliphatic rings. The molecular formula is C22H30N2O3. The first-order valence-electron chi connectivity index (χ1n) is 10.4. The molecule has 0 radical (unpaired) electrons. The minimum Gasteiger partial charge on any atom is -0.480 e. The van der Waals surface area contributed by atoms with E-state index >= 15 is 0 Å². The third-order valence-corrected chi connectivity index (χ3v) is 6.70. The molecule has 1 aromatic carbocycles. The number of carboxylic acids is 1. The second kappa shape index (κ2) is 7.63. The van der Waals surface area contributed by atoms with Gasteiger partial charge in [0.05, 0.1) is 0 Å². The van der Waals surface area contributed by atoms with Crippen LogP contribution in [-0.4, -0.2) is 59.0 Å². The van der Waals surface area contributed by atoms with Crippen molar-refractivity contribution in [1.29, 1.82) is 0 Å². The molecule has 146 valence electrons. The summed E-state index contributed by atoms with van der Waals surface area (Å²) in [6, 6.07) is 9.99. The van der Waals surface area contributed by atoms with E-state index in [4.69, 9.17) is 0 Å². The summed E-state index contributed by atoms with van der Waals surface area (Å²) in [4.78, 5) is 28.5. The number of benzene rings is 1. The lowest BCUT2D eigenvalue weighted by atomic mass is 9.76. The molecule has 2 heterocycles. The molecule has 2 aliphatic heterocycles. The number of aliphatic carboxylic acids is 1. The van der Waals surface area contributed by atoms with Crippen LogP contribution >= 0.6 is 0 Å². The Morgan fingerprint density at radius 3 is 2.44 bits per heavy atom. The van der Waals surface area contributed by atoms with Crippen molar-refractivity contribution in [3.05, 3.63) is 35.9 Å². The molecule has 1 atom stereocenters. The molecule has 27 heavy (non-hydrogen) atoms. The zero-order chi connectivity index (χ0) is 18.9. The first kappa shape index (κ1) is 18.5. The number of nitrogens with zero attached hydrogens (tertiary/aromatic N) is 2. The average Bonchev–Trinajstić information content (AvgIpc) is 3.46. The molecule has 1 saturated carbocycles. The van der Waals surface area contributed by atoms with Gasteiger partial charge in [-0.15, -0.1) is 0 Å². The van der Waals surface area contributed by atoms with Gasteiger partial charge in [0, 0.05) is 12.5 Å². The Morgan fingerprint density at radius 1 is 1.11 bits per heavy atom. The quantitative estimate of drug-likeness (QED) is 0.836. The average molecular weight is 370 g/mol. The van der Waals surface area contributed by atoms with Crippen molar-refractivity contribution in [1.82, 2.24) is 9.80 Å². The Morgan fingerprint density at radius 2 is 1.81 bits per heavy atom. The largest absolute Gasteiger partial charge is 0.480 e. The lowest BCUT2D eigenvalue weighted by Gasteiger charge is -2.39. The highest BCUT2D eigenvalue weighted by atomic mass is 16.4. The minimum atomic E-state index is -0.828. The van der Waals surface area contributed by atoms with Crippen molar-refractivity contribution in [2.45, 2.75) is 51.0 Å². The number of hydrogen-bond donors (Lipinski definition) is 1. The first-order valence-corrected chi connectivity index (χ1v) is 10.4. The predicted molar refractivity (Wildman–Crippen MR) is 103 cm³/mol. The summed E-state index contributed by atoms with van der Waals surface area (Å²) in [5.74, 6) is -0.643. The van der Waals surface area contributed by atoms with Gasteiger partial charge in [-0.05, 0) is 75.6 Å². The van der Waals surface area contributed by atoms with Crippen LogP contribution in [-0.2, 0) is 16.0 Å². The van der Waals surface area contributed by atoms with Crippen molar-refractivity contribution in [2.24, 2.45) is 11.3 Å². The molecule has 1 aliphatic carbocycles. The van der Waals surface area contributed by atoms with E-state index in [0.717, 1.165) is 58.2 Å². The zero-order valence-electron chi connectivity index (χ0n) is 16.0. The van der Waals surface area contributed by atoms with E-state index in [9.17, 15) is 14.7 Å².